The summed E-state index contributed by atoms with van der Waals surface area (Å²) in [4.78, 5) is 12.4. The molecule has 0 heterocycles. The number of ether oxygens (including phenoxy) is 2. The molecule has 0 saturated carbocycles. The standard InChI is InChI=1S/C18H16BrN3O3/c1-24-15-6-7-17(25-2)16(9-15)22-18(23)12(10-20)11-21-14-5-3-4-13(19)8-14/h3-9,11,21H,1-2H3,(H,22,23)/b12-11-. The van der Waals surface area contributed by atoms with Crippen molar-refractivity contribution in [3.05, 3.63) is 58.7 Å². The normalized spacial score (nSPS) is 10.6. The summed E-state index contributed by atoms with van der Waals surface area (Å²) in [5.41, 5.74) is 1.08. The molecule has 2 aromatic rings. The number of anilines is 2. The SMILES string of the molecule is COc1ccc(OC)c(NC(=O)/C(C#N)=C\Nc2cccc(Br)c2)c1. The number of benzene rings is 2. The van der Waals surface area contributed by atoms with Crippen LogP contribution in [-0.4, -0.2) is 20.1 Å². The molecule has 0 bridgehead atoms. The quantitative estimate of drug-likeness (QED) is 0.565. The third-order valence-electron chi connectivity index (χ3n) is 3.23. The van der Waals surface area contributed by atoms with E-state index in [0.717, 1.165) is 10.2 Å². The average Bonchev–Trinajstić information content (AvgIpc) is 2.62. The number of hydrogen-bond acceptors (Lipinski definition) is 5. The van der Waals surface area contributed by atoms with Gasteiger partial charge in [0.2, 0.25) is 0 Å². The highest BCUT2D eigenvalue weighted by molar-refractivity contribution is 9.10. The summed E-state index contributed by atoms with van der Waals surface area (Å²) in [6.45, 7) is 0. The van der Waals surface area contributed by atoms with Crippen LogP contribution in [-0.2, 0) is 4.79 Å². The van der Waals surface area contributed by atoms with Crippen molar-refractivity contribution >= 4 is 33.2 Å². The maximum Gasteiger partial charge on any atom is 0.267 e. The lowest BCUT2D eigenvalue weighted by molar-refractivity contribution is -0.112. The molecule has 1 amide bonds. The van der Waals surface area contributed by atoms with Gasteiger partial charge in [-0.3, -0.25) is 4.79 Å². The molecule has 0 aliphatic heterocycles. The van der Waals surface area contributed by atoms with E-state index in [1.54, 1.807) is 18.2 Å². The van der Waals surface area contributed by atoms with E-state index in [0.29, 0.717) is 17.2 Å². The van der Waals surface area contributed by atoms with Crippen LogP contribution in [0.15, 0.2) is 58.7 Å². The fourth-order valence-corrected chi connectivity index (χ4v) is 2.38. The first-order valence-electron chi connectivity index (χ1n) is 7.23. The maximum absolute atomic E-state index is 12.4. The Kier molecular flexibility index (Phi) is 6.43. The highest BCUT2D eigenvalue weighted by atomic mass is 79.9. The molecule has 2 aromatic carbocycles. The molecule has 0 fully saturated rings. The monoisotopic (exact) mass is 401 g/mol. The van der Waals surface area contributed by atoms with Gasteiger partial charge < -0.3 is 20.1 Å². The van der Waals surface area contributed by atoms with Crippen molar-refractivity contribution in [2.45, 2.75) is 0 Å². The van der Waals surface area contributed by atoms with Crippen LogP contribution < -0.4 is 20.1 Å². The third kappa shape index (κ3) is 4.99. The van der Waals surface area contributed by atoms with Crippen LogP contribution in [0.25, 0.3) is 0 Å². The molecule has 25 heavy (non-hydrogen) atoms. The Morgan fingerprint density at radius 3 is 2.64 bits per heavy atom. The van der Waals surface area contributed by atoms with Gasteiger partial charge in [-0.2, -0.15) is 5.26 Å². The molecular weight excluding hydrogens is 386 g/mol. The van der Waals surface area contributed by atoms with Gasteiger partial charge in [-0.25, -0.2) is 0 Å². The average molecular weight is 402 g/mol. The van der Waals surface area contributed by atoms with E-state index in [1.165, 1.54) is 20.4 Å². The second-order valence-electron chi connectivity index (χ2n) is 4.84. The minimum Gasteiger partial charge on any atom is -0.497 e. The second-order valence-corrected chi connectivity index (χ2v) is 5.76. The minimum absolute atomic E-state index is 0.0788. The molecule has 0 radical (unpaired) electrons. The third-order valence-corrected chi connectivity index (χ3v) is 3.72. The van der Waals surface area contributed by atoms with E-state index in [9.17, 15) is 10.1 Å². The van der Waals surface area contributed by atoms with E-state index >= 15 is 0 Å². The van der Waals surface area contributed by atoms with Crippen molar-refractivity contribution in [3.8, 4) is 17.6 Å². The Balaban J connectivity index is 2.17. The van der Waals surface area contributed by atoms with Crippen LogP contribution >= 0.6 is 15.9 Å². The Morgan fingerprint density at radius 2 is 2.00 bits per heavy atom. The van der Waals surface area contributed by atoms with Crippen molar-refractivity contribution in [2.24, 2.45) is 0 Å². The van der Waals surface area contributed by atoms with E-state index in [4.69, 9.17) is 9.47 Å². The van der Waals surface area contributed by atoms with Crippen LogP contribution in [0.4, 0.5) is 11.4 Å². The van der Waals surface area contributed by atoms with Crippen LogP contribution in [0.5, 0.6) is 11.5 Å². The number of nitrogens with one attached hydrogen (secondary N) is 2. The van der Waals surface area contributed by atoms with Gasteiger partial charge in [-0.05, 0) is 30.3 Å². The molecule has 2 rings (SSSR count). The first kappa shape index (κ1) is 18.4. The summed E-state index contributed by atoms with van der Waals surface area (Å²) < 4.78 is 11.2. The lowest BCUT2D eigenvalue weighted by atomic mass is 10.2. The summed E-state index contributed by atoms with van der Waals surface area (Å²) in [5, 5.41) is 14.8. The van der Waals surface area contributed by atoms with Gasteiger partial charge in [0.25, 0.3) is 5.91 Å². The highest BCUT2D eigenvalue weighted by Crippen LogP contribution is 2.29. The lowest BCUT2D eigenvalue weighted by Crippen LogP contribution is -2.15. The number of hydrogen-bond donors (Lipinski definition) is 2. The molecule has 0 aromatic heterocycles. The van der Waals surface area contributed by atoms with Crippen LogP contribution in [0.2, 0.25) is 0 Å². The molecule has 0 saturated heterocycles. The van der Waals surface area contributed by atoms with Crippen LogP contribution in [0, 0.1) is 11.3 Å². The summed E-state index contributed by atoms with van der Waals surface area (Å²) in [6.07, 6.45) is 1.35. The summed E-state index contributed by atoms with van der Waals surface area (Å²) in [6, 6.07) is 14.2. The molecule has 2 N–H and O–H groups in total. The highest BCUT2D eigenvalue weighted by Gasteiger charge is 2.13. The summed E-state index contributed by atoms with van der Waals surface area (Å²) in [7, 11) is 3.02. The molecular formula is C18H16BrN3O3. The molecule has 0 unspecified atom stereocenters. The fourth-order valence-electron chi connectivity index (χ4n) is 1.98. The van der Waals surface area contributed by atoms with Crippen molar-refractivity contribution in [3.63, 3.8) is 0 Å². The van der Waals surface area contributed by atoms with Gasteiger partial charge in [0, 0.05) is 22.4 Å². The van der Waals surface area contributed by atoms with Crippen molar-refractivity contribution < 1.29 is 14.3 Å². The molecule has 0 spiro atoms. The topological polar surface area (TPSA) is 83.4 Å². The number of nitriles is 1. The summed E-state index contributed by atoms with van der Waals surface area (Å²) in [5.74, 6) is 0.466. The van der Waals surface area contributed by atoms with E-state index < -0.39 is 5.91 Å². The zero-order valence-corrected chi connectivity index (χ0v) is 15.3. The molecule has 0 aliphatic carbocycles. The smallest absolute Gasteiger partial charge is 0.267 e. The number of halogens is 1. The van der Waals surface area contributed by atoms with Crippen molar-refractivity contribution in [1.29, 1.82) is 5.26 Å². The second kappa shape index (κ2) is 8.76. The Morgan fingerprint density at radius 1 is 1.20 bits per heavy atom. The van der Waals surface area contributed by atoms with Crippen LogP contribution in [0.3, 0.4) is 0 Å². The first-order chi connectivity index (χ1) is 12.1. The number of nitrogens with zero attached hydrogens (tertiary/aromatic N) is 1. The lowest BCUT2D eigenvalue weighted by Gasteiger charge is -2.11. The van der Waals surface area contributed by atoms with Gasteiger partial charge in [0.15, 0.2) is 0 Å². The molecule has 7 heteroatoms. The van der Waals surface area contributed by atoms with Gasteiger partial charge in [-0.15, -0.1) is 0 Å². The largest absolute Gasteiger partial charge is 0.497 e. The van der Waals surface area contributed by atoms with Crippen molar-refractivity contribution in [2.75, 3.05) is 24.9 Å². The minimum atomic E-state index is -0.559. The Bertz CT molecular complexity index is 844. The zero-order chi connectivity index (χ0) is 18.2. The van der Waals surface area contributed by atoms with Gasteiger partial charge in [0.05, 0.1) is 19.9 Å². The molecule has 0 atom stereocenters. The fraction of sp³-hybridized carbons (Fsp3) is 0.111. The van der Waals surface area contributed by atoms with Crippen LogP contribution in [0.1, 0.15) is 0 Å². The number of carbonyl (C=O) groups excluding carboxylic acids is 1. The van der Waals surface area contributed by atoms with E-state index in [-0.39, 0.29) is 5.57 Å². The number of amides is 1. The van der Waals surface area contributed by atoms with Gasteiger partial charge in [-0.1, -0.05) is 22.0 Å². The number of methoxy groups -OCH3 is 2. The molecule has 128 valence electrons. The number of carbonyl (C=O) groups is 1. The Hall–Kier alpha value is -2.98. The van der Waals surface area contributed by atoms with Gasteiger partial charge >= 0.3 is 0 Å². The Labute approximate surface area is 154 Å². The van der Waals surface area contributed by atoms with E-state index in [2.05, 4.69) is 26.6 Å². The zero-order valence-electron chi connectivity index (χ0n) is 13.7. The first-order valence-corrected chi connectivity index (χ1v) is 8.02. The molecule has 0 aliphatic rings. The number of rotatable bonds is 6. The summed E-state index contributed by atoms with van der Waals surface area (Å²) >= 11 is 3.36. The predicted molar refractivity (Wildman–Crippen MR) is 99.6 cm³/mol. The maximum atomic E-state index is 12.4. The van der Waals surface area contributed by atoms with Crippen molar-refractivity contribution in [1.82, 2.24) is 0 Å². The molecule has 6 nitrogen and oxygen atoms in total. The van der Waals surface area contributed by atoms with Gasteiger partial charge in [0.1, 0.15) is 23.1 Å². The predicted octanol–water partition coefficient (Wildman–Crippen LogP) is 3.92. The van der Waals surface area contributed by atoms with E-state index in [1.807, 2.05) is 30.3 Å².